The van der Waals surface area contributed by atoms with Gasteiger partial charge in [-0.25, -0.2) is 0 Å². The zero-order valence-corrected chi connectivity index (χ0v) is 14.2. The lowest BCUT2D eigenvalue weighted by Gasteiger charge is -2.29. The quantitative estimate of drug-likeness (QED) is 0.733. The maximum atomic E-state index is 5.58. The van der Waals surface area contributed by atoms with Crippen LogP contribution in [0.1, 0.15) is 24.4 Å². The molecule has 8 heteroatoms. The van der Waals surface area contributed by atoms with E-state index in [1.165, 1.54) is 23.0 Å². The van der Waals surface area contributed by atoms with E-state index in [4.69, 9.17) is 4.74 Å². The maximum absolute atomic E-state index is 5.58. The lowest BCUT2D eigenvalue weighted by Crippen LogP contribution is -2.31. The molecule has 0 unspecified atom stereocenters. The van der Waals surface area contributed by atoms with Crippen LogP contribution in [0.5, 0.6) is 5.75 Å². The van der Waals surface area contributed by atoms with Gasteiger partial charge in [-0.1, -0.05) is 18.2 Å². The molecule has 0 amide bonds. The van der Waals surface area contributed by atoms with E-state index in [-0.39, 0.29) is 6.04 Å². The average molecular weight is 339 g/mol. The highest BCUT2D eigenvalue weighted by Gasteiger charge is 2.25. The molecule has 1 aliphatic rings. The first-order chi connectivity index (χ1) is 12.3. The Hall–Kier alpha value is -2.74. The summed E-state index contributed by atoms with van der Waals surface area (Å²) in [5, 5.41) is 19.2. The van der Waals surface area contributed by atoms with E-state index in [1.54, 1.807) is 7.11 Å². The van der Waals surface area contributed by atoms with Crippen LogP contribution in [-0.2, 0) is 0 Å². The highest BCUT2D eigenvalue weighted by Crippen LogP contribution is 2.31. The lowest BCUT2D eigenvalue weighted by molar-refractivity contribution is 0.249. The van der Waals surface area contributed by atoms with Gasteiger partial charge in [-0.2, -0.15) is 0 Å². The second-order valence-electron chi connectivity index (χ2n) is 6.13. The minimum absolute atomic E-state index is 0.227. The number of benzene rings is 1. The number of anilines is 1. The summed E-state index contributed by atoms with van der Waals surface area (Å²) in [5.41, 5.74) is 1.83. The number of hydrogen-bond donors (Lipinski definition) is 1. The zero-order valence-electron chi connectivity index (χ0n) is 14.2. The Balaban J connectivity index is 1.57. The molecule has 2 aromatic heterocycles. The minimum atomic E-state index is 0.227. The Kier molecular flexibility index (Phi) is 4.43. The highest BCUT2D eigenvalue weighted by atomic mass is 16.5. The number of fused-ring (bicyclic) bond motifs is 1. The fourth-order valence-corrected chi connectivity index (χ4v) is 3.38. The summed E-state index contributed by atoms with van der Waals surface area (Å²) >= 11 is 0. The van der Waals surface area contributed by atoms with Gasteiger partial charge >= 0.3 is 0 Å². The van der Waals surface area contributed by atoms with Crippen molar-refractivity contribution in [2.24, 2.45) is 0 Å². The van der Waals surface area contributed by atoms with Crippen molar-refractivity contribution < 1.29 is 4.74 Å². The summed E-state index contributed by atoms with van der Waals surface area (Å²) in [6.45, 7) is 2.94. The third-order valence-electron chi connectivity index (χ3n) is 4.63. The molecule has 3 aromatic rings. The Morgan fingerprint density at radius 3 is 2.84 bits per heavy atom. The van der Waals surface area contributed by atoms with Gasteiger partial charge in [0.25, 0.3) is 0 Å². The number of rotatable bonds is 6. The van der Waals surface area contributed by atoms with Crippen molar-refractivity contribution in [1.82, 2.24) is 30.2 Å². The molecule has 130 valence electrons. The smallest absolute Gasteiger partial charge is 0.200 e. The Morgan fingerprint density at radius 1 is 1.16 bits per heavy atom. The molecule has 0 spiro atoms. The Morgan fingerprint density at radius 2 is 2.00 bits per heavy atom. The number of hydrogen-bond acceptors (Lipinski definition) is 7. The molecule has 0 aliphatic carbocycles. The fraction of sp³-hybridized carbons (Fsp3) is 0.412. The first kappa shape index (κ1) is 15.8. The molecule has 4 rings (SSSR count). The van der Waals surface area contributed by atoms with Crippen LogP contribution < -0.4 is 10.1 Å². The third-order valence-corrected chi connectivity index (χ3v) is 4.63. The molecule has 1 aliphatic heterocycles. The molecule has 1 aromatic carbocycles. The van der Waals surface area contributed by atoms with Crippen molar-refractivity contribution in [3.63, 3.8) is 0 Å². The number of ether oxygens (including phenoxy) is 1. The molecule has 8 nitrogen and oxygen atoms in total. The van der Waals surface area contributed by atoms with Gasteiger partial charge in [0.15, 0.2) is 5.65 Å². The number of likely N-dealkylation sites (tertiary alicyclic amines) is 1. The lowest BCUT2D eigenvalue weighted by atomic mass is 10.0. The van der Waals surface area contributed by atoms with E-state index in [1.807, 2.05) is 24.3 Å². The van der Waals surface area contributed by atoms with E-state index in [0.29, 0.717) is 5.65 Å². The van der Waals surface area contributed by atoms with Crippen LogP contribution in [0.25, 0.3) is 5.65 Å². The van der Waals surface area contributed by atoms with E-state index in [0.717, 1.165) is 31.2 Å². The SMILES string of the molecule is COc1ccccc1[C@H](CNc1ccc2nnnn2n1)N1CCCC1. The van der Waals surface area contributed by atoms with Crippen LogP contribution in [0.4, 0.5) is 5.82 Å². The van der Waals surface area contributed by atoms with Gasteiger partial charge in [-0.3, -0.25) is 4.90 Å². The van der Waals surface area contributed by atoms with Crippen molar-refractivity contribution in [2.75, 3.05) is 32.1 Å². The number of nitrogens with zero attached hydrogens (tertiary/aromatic N) is 6. The van der Waals surface area contributed by atoms with Crippen LogP contribution in [0.15, 0.2) is 36.4 Å². The second kappa shape index (κ2) is 7.02. The first-order valence-corrected chi connectivity index (χ1v) is 8.51. The van der Waals surface area contributed by atoms with Gasteiger partial charge < -0.3 is 10.1 Å². The average Bonchev–Trinajstić information content (AvgIpc) is 3.33. The van der Waals surface area contributed by atoms with Crippen molar-refractivity contribution in [1.29, 1.82) is 0 Å². The van der Waals surface area contributed by atoms with Gasteiger partial charge in [0.05, 0.1) is 13.2 Å². The molecule has 1 saturated heterocycles. The van der Waals surface area contributed by atoms with Crippen LogP contribution in [0, 0.1) is 0 Å². The summed E-state index contributed by atoms with van der Waals surface area (Å²) in [6, 6.07) is 12.2. The van der Waals surface area contributed by atoms with Gasteiger partial charge in [-0.15, -0.1) is 14.8 Å². The minimum Gasteiger partial charge on any atom is -0.496 e. The van der Waals surface area contributed by atoms with Gasteiger partial charge in [-0.05, 0) is 54.6 Å². The van der Waals surface area contributed by atoms with Crippen LogP contribution in [0.2, 0.25) is 0 Å². The van der Waals surface area contributed by atoms with Crippen molar-refractivity contribution in [3.05, 3.63) is 42.0 Å². The van der Waals surface area contributed by atoms with Crippen LogP contribution >= 0.6 is 0 Å². The van der Waals surface area contributed by atoms with Crippen LogP contribution in [-0.4, -0.2) is 56.9 Å². The Bertz CT molecular complexity index is 844. The molecule has 0 radical (unpaired) electrons. The number of nitrogens with one attached hydrogen (secondary N) is 1. The predicted octanol–water partition coefficient (Wildman–Crippen LogP) is 1.78. The number of para-hydroxylation sites is 1. The molecule has 1 fully saturated rings. The predicted molar refractivity (Wildman–Crippen MR) is 93.6 cm³/mol. The molecule has 1 atom stereocenters. The molecule has 25 heavy (non-hydrogen) atoms. The van der Waals surface area contributed by atoms with Crippen LogP contribution in [0.3, 0.4) is 0 Å². The van der Waals surface area contributed by atoms with E-state index < -0.39 is 0 Å². The fourth-order valence-electron chi connectivity index (χ4n) is 3.38. The normalized spacial score (nSPS) is 16.2. The molecular weight excluding hydrogens is 318 g/mol. The summed E-state index contributed by atoms with van der Waals surface area (Å²) in [7, 11) is 1.72. The van der Waals surface area contributed by atoms with Gasteiger partial charge in [0, 0.05) is 12.1 Å². The summed E-state index contributed by atoms with van der Waals surface area (Å²) < 4.78 is 7.01. The van der Waals surface area contributed by atoms with Crippen molar-refractivity contribution in [3.8, 4) is 5.75 Å². The number of methoxy groups -OCH3 is 1. The largest absolute Gasteiger partial charge is 0.496 e. The topological polar surface area (TPSA) is 80.5 Å². The third kappa shape index (κ3) is 3.25. The first-order valence-electron chi connectivity index (χ1n) is 8.51. The van der Waals surface area contributed by atoms with Crippen molar-refractivity contribution in [2.45, 2.75) is 18.9 Å². The number of tetrazole rings is 1. The summed E-state index contributed by atoms with van der Waals surface area (Å²) in [4.78, 5) is 2.50. The molecule has 0 bridgehead atoms. The van der Waals surface area contributed by atoms with E-state index >= 15 is 0 Å². The molecular formula is C17H21N7O. The second-order valence-corrected chi connectivity index (χ2v) is 6.13. The maximum Gasteiger partial charge on any atom is 0.200 e. The monoisotopic (exact) mass is 339 g/mol. The van der Waals surface area contributed by atoms with E-state index in [2.05, 4.69) is 43.0 Å². The van der Waals surface area contributed by atoms with Crippen molar-refractivity contribution >= 4 is 11.5 Å². The summed E-state index contributed by atoms with van der Waals surface area (Å²) in [6.07, 6.45) is 2.47. The summed E-state index contributed by atoms with van der Waals surface area (Å²) in [5.74, 6) is 1.67. The molecule has 0 saturated carbocycles. The standard InChI is InChI=1S/C17H21N7O/c1-25-15-7-3-2-6-13(15)14(23-10-4-5-11-23)12-18-16-8-9-17-19-21-22-24(17)20-16/h2-3,6-9,14H,4-5,10-12H2,1H3,(H,18,20)/t14-/m0/s1. The van der Waals surface area contributed by atoms with E-state index in [9.17, 15) is 0 Å². The zero-order chi connectivity index (χ0) is 17.1. The molecule has 3 heterocycles. The highest BCUT2D eigenvalue weighted by molar-refractivity contribution is 5.43. The number of aromatic nitrogens is 5. The Labute approximate surface area is 145 Å². The molecule has 1 N–H and O–H groups in total. The van der Waals surface area contributed by atoms with Gasteiger partial charge in [0.2, 0.25) is 0 Å². The van der Waals surface area contributed by atoms with Gasteiger partial charge in [0.1, 0.15) is 11.6 Å².